The maximum Gasteiger partial charge on any atom is 0.243 e. The smallest absolute Gasteiger partial charge is 0.243 e. The van der Waals surface area contributed by atoms with Crippen LogP contribution in [0.3, 0.4) is 0 Å². The fourth-order valence-electron chi connectivity index (χ4n) is 4.91. The minimum absolute atomic E-state index is 0.0174. The predicted octanol–water partition coefficient (Wildman–Crippen LogP) is 0.508. The Balaban J connectivity index is 1.52. The minimum atomic E-state index is -0.333. The second-order valence-electron chi connectivity index (χ2n) is 7.51. The van der Waals surface area contributed by atoms with E-state index in [4.69, 9.17) is 0 Å². The quantitative estimate of drug-likeness (QED) is 0.833. The van der Waals surface area contributed by atoms with Gasteiger partial charge in [-0.3, -0.25) is 9.59 Å². The van der Waals surface area contributed by atoms with Crippen molar-refractivity contribution >= 4 is 11.8 Å². The molecule has 3 aliphatic heterocycles. The predicted molar refractivity (Wildman–Crippen MR) is 92.5 cm³/mol. The van der Waals surface area contributed by atoms with Crippen LogP contribution >= 0.6 is 0 Å². The number of aromatic nitrogens is 2. The summed E-state index contributed by atoms with van der Waals surface area (Å²) in [5, 5.41) is 6.54. The number of aryl methyl sites for hydroxylation is 1. The maximum atomic E-state index is 13.0. The molecule has 4 rings (SSSR count). The number of nitrogens with zero attached hydrogens (tertiary/aromatic N) is 3. The monoisotopic (exact) mass is 345 g/mol. The van der Waals surface area contributed by atoms with Crippen LogP contribution in [0.2, 0.25) is 0 Å². The van der Waals surface area contributed by atoms with Crippen LogP contribution in [0.1, 0.15) is 38.3 Å². The van der Waals surface area contributed by atoms with Crippen molar-refractivity contribution in [3.05, 3.63) is 18.2 Å². The van der Waals surface area contributed by atoms with Gasteiger partial charge in [-0.1, -0.05) is 0 Å². The lowest BCUT2D eigenvalue weighted by Crippen LogP contribution is -2.67. The largest absolute Gasteiger partial charge is 0.349 e. The lowest BCUT2D eigenvalue weighted by molar-refractivity contribution is -0.157. The summed E-state index contributed by atoms with van der Waals surface area (Å²) in [5.41, 5.74) is 0.993. The second kappa shape index (κ2) is 6.78. The van der Waals surface area contributed by atoms with Crippen molar-refractivity contribution in [3.8, 4) is 0 Å². The summed E-state index contributed by atoms with van der Waals surface area (Å²) < 4.78 is 2.02. The number of carbonyl (C=O) groups excluding carboxylic acids is 2. The first-order chi connectivity index (χ1) is 12.2. The zero-order chi connectivity index (χ0) is 17.4. The molecule has 4 heterocycles. The van der Waals surface area contributed by atoms with Gasteiger partial charge in [0.1, 0.15) is 6.04 Å². The van der Waals surface area contributed by atoms with Crippen molar-refractivity contribution in [1.82, 2.24) is 25.1 Å². The van der Waals surface area contributed by atoms with Crippen LogP contribution in [0.15, 0.2) is 12.5 Å². The molecule has 7 nitrogen and oxygen atoms in total. The van der Waals surface area contributed by atoms with Crippen molar-refractivity contribution in [2.75, 3.05) is 13.1 Å². The van der Waals surface area contributed by atoms with Gasteiger partial charge in [-0.15, -0.1) is 0 Å². The molecule has 3 fully saturated rings. The number of hydrogen-bond donors (Lipinski definition) is 2. The standard InChI is InChI=1S/C18H27N5O2/c1-2-22-11-20-9-14(22)10-21-18(25)17-13-6-12(7-19-8-13)15-4-3-5-16(24)23(15)17/h9,11-13,15,17,19H,2-8,10H2,1H3,(H,21,25)/t12-,13+,15+,17-/m1/s1. The summed E-state index contributed by atoms with van der Waals surface area (Å²) >= 11 is 0. The minimum Gasteiger partial charge on any atom is -0.349 e. The number of piperidine rings is 3. The summed E-state index contributed by atoms with van der Waals surface area (Å²) in [6, 6.07) is -0.109. The van der Waals surface area contributed by atoms with Gasteiger partial charge in [0.15, 0.2) is 0 Å². The number of imidazole rings is 1. The third-order valence-electron chi connectivity index (χ3n) is 6.10. The van der Waals surface area contributed by atoms with E-state index in [1.807, 2.05) is 9.47 Å². The van der Waals surface area contributed by atoms with Crippen molar-refractivity contribution in [2.45, 2.75) is 57.8 Å². The van der Waals surface area contributed by atoms with Crippen molar-refractivity contribution in [1.29, 1.82) is 0 Å². The van der Waals surface area contributed by atoms with E-state index < -0.39 is 0 Å². The Morgan fingerprint density at radius 2 is 2.24 bits per heavy atom. The molecule has 0 radical (unpaired) electrons. The van der Waals surface area contributed by atoms with E-state index in [1.165, 1.54) is 0 Å². The highest BCUT2D eigenvalue weighted by Crippen LogP contribution is 2.39. The zero-order valence-electron chi connectivity index (χ0n) is 14.8. The Morgan fingerprint density at radius 3 is 3.08 bits per heavy atom. The molecule has 3 aliphatic rings. The Labute approximate surface area is 148 Å². The molecular weight excluding hydrogens is 318 g/mol. The summed E-state index contributed by atoms with van der Waals surface area (Å²) in [7, 11) is 0. The Morgan fingerprint density at radius 1 is 1.40 bits per heavy atom. The SMILES string of the molecule is CCn1cncc1CNC(=O)[C@H]1[C@@H]2CNC[C@@H](C2)[C@@H]2CCCC(=O)N21. The Kier molecular flexibility index (Phi) is 4.50. The van der Waals surface area contributed by atoms with Gasteiger partial charge in [0.25, 0.3) is 0 Å². The van der Waals surface area contributed by atoms with Crippen LogP contribution in [0, 0.1) is 11.8 Å². The fraction of sp³-hybridized carbons (Fsp3) is 0.722. The number of amides is 2. The highest BCUT2D eigenvalue weighted by atomic mass is 16.2. The molecule has 0 unspecified atom stereocenters. The van der Waals surface area contributed by atoms with E-state index in [-0.39, 0.29) is 29.8 Å². The lowest BCUT2D eigenvalue weighted by atomic mass is 9.72. The molecule has 1 aromatic heterocycles. The normalized spacial score (nSPS) is 31.6. The van der Waals surface area contributed by atoms with Gasteiger partial charge in [-0.2, -0.15) is 0 Å². The first kappa shape index (κ1) is 16.6. The summed E-state index contributed by atoms with van der Waals surface area (Å²) in [4.78, 5) is 31.7. The van der Waals surface area contributed by atoms with Crippen LogP contribution < -0.4 is 10.6 Å². The first-order valence-electron chi connectivity index (χ1n) is 9.47. The van der Waals surface area contributed by atoms with E-state index in [1.54, 1.807) is 12.5 Å². The van der Waals surface area contributed by atoms with Gasteiger partial charge >= 0.3 is 0 Å². The van der Waals surface area contributed by atoms with E-state index >= 15 is 0 Å². The van der Waals surface area contributed by atoms with E-state index in [9.17, 15) is 9.59 Å². The van der Waals surface area contributed by atoms with Crippen LogP contribution in [0.25, 0.3) is 0 Å². The highest BCUT2D eigenvalue weighted by molar-refractivity contribution is 5.89. The molecule has 0 aromatic carbocycles. The van der Waals surface area contributed by atoms with Gasteiger partial charge in [0.2, 0.25) is 11.8 Å². The van der Waals surface area contributed by atoms with Crippen LogP contribution in [-0.4, -0.2) is 51.4 Å². The van der Waals surface area contributed by atoms with Crippen LogP contribution in [0.4, 0.5) is 0 Å². The summed E-state index contributed by atoms with van der Waals surface area (Å²) in [6.45, 7) is 5.13. The molecule has 3 saturated heterocycles. The fourth-order valence-corrected chi connectivity index (χ4v) is 4.91. The highest BCUT2D eigenvalue weighted by Gasteiger charge is 2.50. The van der Waals surface area contributed by atoms with Gasteiger partial charge in [0, 0.05) is 37.7 Å². The molecule has 2 bridgehead atoms. The van der Waals surface area contributed by atoms with E-state index in [2.05, 4.69) is 22.5 Å². The molecule has 25 heavy (non-hydrogen) atoms. The van der Waals surface area contributed by atoms with Crippen LogP contribution in [-0.2, 0) is 22.7 Å². The average molecular weight is 345 g/mol. The molecule has 4 atom stereocenters. The van der Waals surface area contributed by atoms with Gasteiger partial charge in [-0.25, -0.2) is 4.98 Å². The maximum absolute atomic E-state index is 13.0. The molecule has 0 saturated carbocycles. The number of hydrogen-bond acceptors (Lipinski definition) is 4. The van der Waals surface area contributed by atoms with E-state index in [0.717, 1.165) is 44.6 Å². The Bertz CT molecular complexity index is 658. The average Bonchev–Trinajstić information content (AvgIpc) is 3.09. The van der Waals surface area contributed by atoms with Crippen molar-refractivity contribution in [2.24, 2.45) is 11.8 Å². The van der Waals surface area contributed by atoms with Gasteiger partial charge < -0.3 is 20.1 Å². The number of nitrogens with one attached hydrogen (secondary N) is 2. The van der Waals surface area contributed by atoms with Crippen molar-refractivity contribution < 1.29 is 9.59 Å². The third-order valence-corrected chi connectivity index (χ3v) is 6.10. The van der Waals surface area contributed by atoms with Crippen molar-refractivity contribution in [3.63, 3.8) is 0 Å². The molecule has 2 amide bonds. The molecule has 2 N–H and O–H groups in total. The van der Waals surface area contributed by atoms with E-state index in [0.29, 0.717) is 18.9 Å². The molecule has 0 spiro atoms. The number of carbonyl (C=O) groups is 2. The van der Waals surface area contributed by atoms with Crippen LogP contribution in [0.5, 0.6) is 0 Å². The molecule has 0 aliphatic carbocycles. The Hall–Kier alpha value is -1.89. The first-order valence-corrected chi connectivity index (χ1v) is 9.47. The second-order valence-corrected chi connectivity index (χ2v) is 7.51. The van der Waals surface area contributed by atoms with Gasteiger partial charge in [0.05, 0.1) is 18.6 Å². The molecule has 136 valence electrons. The molecule has 7 heteroatoms. The van der Waals surface area contributed by atoms with Gasteiger partial charge in [-0.05, 0) is 38.6 Å². The topological polar surface area (TPSA) is 79.3 Å². The zero-order valence-corrected chi connectivity index (χ0v) is 14.8. The third kappa shape index (κ3) is 2.94. The summed E-state index contributed by atoms with van der Waals surface area (Å²) in [5.74, 6) is 0.851. The molecular formula is C18H27N5O2. The summed E-state index contributed by atoms with van der Waals surface area (Å²) in [6.07, 6.45) is 7.17. The molecule has 1 aromatic rings. The number of rotatable bonds is 4. The lowest BCUT2D eigenvalue weighted by Gasteiger charge is -2.53. The number of fused-ring (bicyclic) bond motifs is 4.